The van der Waals surface area contributed by atoms with E-state index in [1.54, 1.807) is 0 Å². The lowest BCUT2D eigenvalue weighted by molar-refractivity contribution is -0.143. The normalized spacial score (nSPS) is 18.2. The van der Waals surface area contributed by atoms with Crippen LogP contribution in [0.25, 0.3) is 0 Å². The highest BCUT2D eigenvalue weighted by Crippen LogP contribution is 2.21. The van der Waals surface area contributed by atoms with Crippen LogP contribution in [0.1, 0.15) is 12.8 Å². The number of carbonyl (C=O) groups excluding carboxylic acids is 1. The van der Waals surface area contributed by atoms with Gasteiger partial charge in [-0.25, -0.2) is 22.3 Å². The minimum atomic E-state index is -4.00. The zero-order valence-electron chi connectivity index (χ0n) is 13.0. The predicted molar refractivity (Wildman–Crippen MR) is 83.6 cm³/mol. The molecule has 8 nitrogen and oxygen atoms in total. The zero-order chi connectivity index (χ0) is 17.9. The second-order valence-electron chi connectivity index (χ2n) is 5.41. The Morgan fingerprint density at radius 2 is 2.08 bits per heavy atom. The Morgan fingerprint density at radius 1 is 1.38 bits per heavy atom. The van der Waals surface area contributed by atoms with Gasteiger partial charge in [-0.2, -0.15) is 0 Å². The Balaban J connectivity index is 2.15. The third-order valence-electron chi connectivity index (χ3n) is 3.80. The van der Waals surface area contributed by atoms with Crippen LogP contribution in [0.15, 0.2) is 23.1 Å². The van der Waals surface area contributed by atoms with Crippen LogP contribution in [0.5, 0.6) is 0 Å². The lowest BCUT2D eigenvalue weighted by Gasteiger charge is -2.30. The molecule has 1 atom stereocenters. The van der Waals surface area contributed by atoms with E-state index in [9.17, 15) is 22.4 Å². The SMILES string of the molecule is CNS(=O)(=O)c1cc(NC(=O)N2CCCC(C(=O)O)C2)ccc1F. The topological polar surface area (TPSA) is 116 Å². The molecule has 10 heteroatoms. The molecule has 1 aromatic rings. The van der Waals surface area contributed by atoms with Crippen LogP contribution in [0.4, 0.5) is 14.9 Å². The number of hydrogen-bond acceptors (Lipinski definition) is 4. The third-order valence-corrected chi connectivity index (χ3v) is 5.23. The molecule has 0 spiro atoms. The number of nitrogens with zero attached hydrogens (tertiary/aromatic N) is 1. The Kier molecular flexibility index (Phi) is 5.40. The molecule has 1 saturated heterocycles. The van der Waals surface area contributed by atoms with Gasteiger partial charge in [0.25, 0.3) is 0 Å². The van der Waals surface area contributed by atoms with Crippen LogP contribution in [0, 0.1) is 11.7 Å². The number of rotatable bonds is 4. The molecule has 1 aliphatic rings. The van der Waals surface area contributed by atoms with Crippen molar-refractivity contribution in [3.63, 3.8) is 0 Å². The standard InChI is InChI=1S/C14H18FN3O5S/c1-16-24(22,23)12-7-10(4-5-11(12)15)17-14(21)18-6-2-3-9(8-18)13(19)20/h4-5,7,9,16H,2-3,6,8H2,1H3,(H,17,21)(H,19,20). The number of anilines is 1. The second kappa shape index (κ2) is 7.14. The largest absolute Gasteiger partial charge is 0.481 e. The van der Waals surface area contributed by atoms with E-state index in [1.807, 2.05) is 4.72 Å². The first kappa shape index (κ1) is 18.1. The molecule has 0 radical (unpaired) electrons. The molecule has 0 aliphatic carbocycles. The number of benzene rings is 1. The fourth-order valence-corrected chi connectivity index (χ4v) is 3.29. The molecule has 3 N–H and O–H groups in total. The number of carboxylic acid groups (broad SMARTS) is 1. The van der Waals surface area contributed by atoms with Crippen LogP contribution in [0.2, 0.25) is 0 Å². The lowest BCUT2D eigenvalue weighted by atomic mass is 9.99. The zero-order valence-corrected chi connectivity index (χ0v) is 13.8. The molecule has 2 amide bonds. The average molecular weight is 359 g/mol. The van der Waals surface area contributed by atoms with Gasteiger partial charge in [0.1, 0.15) is 10.7 Å². The number of hydrogen-bond donors (Lipinski definition) is 3. The van der Waals surface area contributed by atoms with E-state index in [2.05, 4.69) is 5.32 Å². The number of carbonyl (C=O) groups is 2. The number of sulfonamides is 1. The van der Waals surface area contributed by atoms with E-state index in [4.69, 9.17) is 5.11 Å². The molecule has 2 rings (SSSR count). The van der Waals surface area contributed by atoms with Crippen molar-refractivity contribution in [2.75, 3.05) is 25.5 Å². The van der Waals surface area contributed by atoms with Crippen molar-refractivity contribution in [2.24, 2.45) is 5.92 Å². The van der Waals surface area contributed by atoms with Crippen molar-refractivity contribution in [1.82, 2.24) is 9.62 Å². The number of carboxylic acids is 1. The quantitative estimate of drug-likeness (QED) is 0.743. The fourth-order valence-electron chi connectivity index (χ4n) is 2.46. The summed E-state index contributed by atoms with van der Waals surface area (Å²) in [4.78, 5) is 24.0. The molecule has 1 aliphatic heterocycles. The van der Waals surface area contributed by atoms with E-state index in [1.165, 1.54) is 11.0 Å². The minimum Gasteiger partial charge on any atom is -0.481 e. The smallest absolute Gasteiger partial charge is 0.321 e. The van der Waals surface area contributed by atoms with Crippen LogP contribution < -0.4 is 10.0 Å². The summed E-state index contributed by atoms with van der Waals surface area (Å²) in [6.45, 7) is 0.475. The first-order valence-electron chi connectivity index (χ1n) is 7.26. The molecule has 24 heavy (non-hydrogen) atoms. The maximum atomic E-state index is 13.7. The number of likely N-dealkylation sites (tertiary alicyclic amines) is 1. The van der Waals surface area contributed by atoms with Gasteiger partial charge in [0, 0.05) is 18.8 Å². The molecule has 1 aromatic carbocycles. The molecular formula is C14H18FN3O5S. The first-order chi connectivity index (χ1) is 11.2. The average Bonchev–Trinajstić information content (AvgIpc) is 2.56. The highest BCUT2D eigenvalue weighted by Gasteiger charge is 2.28. The summed E-state index contributed by atoms with van der Waals surface area (Å²) in [5.74, 6) is -2.53. The number of amides is 2. The predicted octanol–water partition coefficient (Wildman–Crippen LogP) is 1.06. The van der Waals surface area contributed by atoms with Gasteiger partial charge in [0.2, 0.25) is 10.0 Å². The monoisotopic (exact) mass is 359 g/mol. The number of halogens is 1. The van der Waals surface area contributed by atoms with Crippen molar-refractivity contribution in [3.05, 3.63) is 24.0 Å². The van der Waals surface area contributed by atoms with Crippen LogP contribution in [-0.4, -0.2) is 50.6 Å². The minimum absolute atomic E-state index is 0.0734. The van der Waals surface area contributed by atoms with Gasteiger partial charge in [-0.05, 0) is 38.1 Å². The Morgan fingerprint density at radius 3 is 2.71 bits per heavy atom. The summed E-state index contributed by atoms with van der Waals surface area (Å²) in [7, 11) is -2.85. The fraction of sp³-hybridized carbons (Fsp3) is 0.429. The van der Waals surface area contributed by atoms with Crippen molar-refractivity contribution in [2.45, 2.75) is 17.7 Å². The number of piperidine rings is 1. The van der Waals surface area contributed by atoms with Crippen molar-refractivity contribution in [3.8, 4) is 0 Å². The van der Waals surface area contributed by atoms with Gasteiger partial charge in [-0.1, -0.05) is 0 Å². The number of aliphatic carboxylic acids is 1. The Labute approximate surface area is 138 Å². The molecule has 0 saturated carbocycles. The molecule has 1 fully saturated rings. The van der Waals surface area contributed by atoms with Crippen molar-refractivity contribution in [1.29, 1.82) is 0 Å². The van der Waals surface area contributed by atoms with E-state index in [0.717, 1.165) is 19.2 Å². The van der Waals surface area contributed by atoms with Gasteiger partial charge in [0.05, 0.1) is 5.92 Å². The molecular weight excluding hydrogens is 341 g/mol. The van der Waals surface area contributed by atoms with Gasteiger partial charge >= 0.3 is 12.0 Å². The van der Waals surface area contributed by atoms with E-state index in [0.29, 0.717) is 19.4 Å². The van der Waals surface area contributed by atoms with Gasteiger partial charge in [0.15, 0.2) is 0 Å². The number of urea groups is 1. The molecule has 1 heterocycles. The van der Waals surface area contributed by atoms with Crippen LogP contribution in [0.3, 0.4) is 0 Å². The Bertz CT molecular complexity index is 753. The van der Waals surface area contributed by atoms with Gasteiger partial charge in [-0.3, -0.25) is 4.79 Å². The summed E-state index contributed by atoms with van der Waals surface area (Å²) < 4.78 is 39.2. The maximum Gasteiger partial charge on any atom is 0.321 e. The molecule has 0 aromatic heterocycles. The third kappa shape index (κ3) is 4.01. The number of nitrogens with one attached hydrogen (secondary N) is 2. The summed E-state index contributed by atoms with van der Waals surface area (Å²) in [5.41, 5.74) is 0.104. The van der Waals surface area contributed by atoms with Crippen molar-refractivity contribution < 1.29 is 27.5 Å². The highest BCUT2D eigenvalue weighted by molar-refractivity contribution is 7.89. The summed E-state index contributed by atoms with van der Waals surface area (Å²) in [6, 6.07) is 2.63. The molecule has 0 bridgehead atoms. The highest BCUT2D eigenvalue weighted by atomic mass is 32.2. The van der Waals surface area contributed by atoms with Crippen LogP contribution in [-0.2, 0) is 14.8 Å². The summed E-state index contributed by atoms with van der Waals surface area (Å²) >= 11 is 0. The van der Waals surface area contributed by atoms with Crippen molar-refractivity contribution >= 4 is 27.7 Å². The van der Waals surface area contributed by atoms with E-state index in [-0.39, 0.29) is 12.2 Å². The van der Waals surface area contributed by atoms with E-state index >= 15 is 0 Å². The first-order valence-corrected chi connectivity index (χ1v) is 8.74. The summed E-state index contributed by atoms with van der Waals surface area (Å²) in [5, 5.41) is 11.5. The van der Waals surface area contributed by atoms with Gasteiger partial charge in [-0.15, -0.1) is 0 Å². The molecule has 132 valence electrons. The van der Waals surface area contributed by atoms with Crippen LogP contribution >= 0.6 is 0 Å². The summed E-state index contributed by atoms with van der Waals surface area (Å²) in [6.07, 6.45) is 1.06. The second-order valence-corrected chi connectivity index (χ2v) is 7.26. The lowest BCUT2D eigenvalue weighted by Crippen LogP contribution is -2.44. The van der Waals surface area contributed by atoms with Gasteiger partial charge < -0.3 is 15.3 Å². The Hall–Kier alpha value is -2.20. The maximum absolute atomic E-state index is 13.7. The molecule has 1 unspecified atom stereocenters. The van der Waals surface area contributed by atoms with E-state index < -0.39 is 38.7 Å².